The highest BCUT2D eigenvalue weighted by atomic mass is 79.9. The number of aromatic nitrogens is 2. The molecule has 6 heteroatoms. The molecule has 0 saturated heterocycles. The van der Waals surface area contributed by atoms with Crippen LogP contribution < -0.4 is 5.32 Å². The summed E-state index contributed by atoms with van der Waals surface area (Å²) in [4.78, 5) is 0. The lowest BCUT2D eigenvalue weighted by Crippen LogP contribution is -2.06. The molecule has 0 bridgehead atoms. The van der Waals surface area contributed by atoms with Gasteiger partial charge in [-0.2, -0.15) is 5.10 Å². The van der Waals surface area contributed by atoms with Gasteiger partial charge in [-0.3, -0.25) is 4.68 Å². The summed E-state index contributed by atoms with van der Waals surface area (Å²) < 4.78 is 3.86. The average molecular weight is 394 g/mol. The van der Waals surface area contributed by atoms with Crippen molar-refractivity contribution in [2.75, 3.05) is 5.32 Å². The molecule has 1 aromatic heterocycles. The Morgan fingerprint density at radius 3 is 2.67 bits per heavy atom. The standard InChI is InChI=1S/C12H12Br2ClN3/c1-7-12(14)11(18(2)17-7)6-16-10-4-3-8(15)5-9(10)13/h3-5,16H,6H2,1-2H3. The predicted molar refractivity (Wildman–Crippen MR) is 82.1 cm³/mol. The zero-order chi connectivity index (χ0) is 13.3. The maximum Gasteiger partial charge on any atom is 0.0739 e. The maximum absolute atomic E-state index is 5.91. The van der Waals surface area contributed by atoms with E-state index >= 15 is 0 Å². The summed E-state index contributed by atoms with van der Waals surface area (Å²) in [6, 6.07) is 5.68. The van der Waals surface area contributed by atoms with Gasteiger partial charge in [0.15, 0.2) is 0 Å². The quantitative estimate of drug-likeness (QED) is 0.831. The third kappa shape index (κ3) is 2.90. The van der Waals surface area contributed by atoms with Gasteiger partial charge in [0.2, 0.25) is 0 Å². The molecule has 0 aliphatic rings. The summed E-state index contributed by atoms with van der Waals surface area (Å²) in [7, 11) is 1.94. The minimum absolute atomic E-state index is 0.693. The topological polar surface area (TPSA) is 29.9 Å². The van der Waals surface area contributed by atoms with E-state index in [1.807, 2.05) is 36.9 Å². The summed E-state index contributed by atoms with van der Waals surface area (Å²) in [5.41, 5.74) is 3.10. The van der Waals surface area contributed by atoms with Crippen molar-refractivity contribution in [2.45, 2.75) is 13.5 Å². The Morgan fingerprint density at radius 2 is 2.11 bits per heavy atom. The molecule has 0 amide bonds. The Labute approximate surface area is 128 Å². The molecule has 0 radical (unpaired) electrons. The highest BCUT2D eigenvalue weighted by Gasteiger charge is 2.10. The Hall–Kier alpha value is -0.520. The van der Waals surface area contributed by atoms with E-state index in [1.54, 1.807) is 0 Å². The summed E-state index contributed by atoms with van der Waals surface area (Å²) in [5.74, 6) is 0. The van der Waals surface area contributed by atoms with Crippen LogP contribution in [0.2, 0.25) is 5.02 Å². The number of halogens is 3. The first-order valence-corrected chi connectivity index (χ1v) is 7.32. The maximum atomic E-state index is 5.91. The number of rotatable bonds is 3. The van der Waals surface area contributed by atoms with E-state index in [9.17, 15) is 0 Å². The van der Waals surface area contributed by atoms with Crippen LogP contribution in [0.5, 0.6) is 0 Å². The van der Waals surface area contributed by atoms with Crippen molar-refractivity contribution in [1.29, 1.82) is 0 Å². The van der Waals surface area contributed by atoms with Crippen LogP contribution in [-0.4, -0.2) is 9.78 Å². The molecule has 1 heterocycles. The average Bonchev–Trinajstić information content (AvgIpc) is 2.53. The molecule has 0 unspecified atom stereocenters. The van der Waals surface area contributed by atoms with Gasteiger partial charge in [-0.1, -0.05) is 11.6 Å². The number of benzene rings is 1. The number of nitrogens with zero attached hydrogens (tertiary/aromatic N) is 2. The van der Waals surface area contributed by atoms with E-state index in [2.05, 4.69) is 42.3 Å². The first-order chi connectivity index (χ1) is 8.49. The number of anilines is 1. The molecule has 0 fully saturated rings. The van der Waals surface area contributed by atoms with Crippen LogP contribution in [-0.2, 0) is 13.6 Å². The number of hydrogen-bond donors (Lipinski definition) is 1. The Morgan fingerprint density at radius 1 is 1.39 bits per heavy atom. The highest BCUT2D eigenvalue weighted by Crippen LogP contribution is 2.27. The molecule has 2 aromatic rings. The van der Waals surface area contributed by atoms with Gasteiger partial charge in [0.25, 0.3) is 0 Å². The Kier molecular flexibility index (Phi) is 4.35. The lowest BCUT2D eigenvalue weighted by Gasteiger charge is -2.09. The molecule has 2 rings (SSSR count). The van der Waals surface area contributed by atoms with Crippen molar-refractivity contribution in [2.24, 2.45) is 7.05 Å². The monoisotopic (exact) mass is 391 g/mol. The molecule has 1 N–H and O–H groups in total. The van der Waals surface area contributed by atoms with Crippen LogP contribution in [0.1, 0.15) is 11.4 Å². The SMILES string of the molecule is Cc1nn(C)c(CNc2ccc(Cl)cc2Br)c1Br. The second kappa shape index (κ2) is 5.63. The third-order valence-corrected chi connectivity index (χ3v) is 4.56. The molecular formula is C12H12Br2ClN3. The molecule has 0 aliphatic carbocycles. The summed E-state index contributed by atoms with van der Waals surface area (Å²) in [6.45, 7) is 2.67. The summed E-state index contributed by atoms with van der Waals surface area (Å²) in [6.07, 6.45) is 0. The fourth-order valence-corrected chi connectivity index (χ4v) is 2.98. The zero-order valence-corrected chi connectivity index (χ0v) is 13.9. The Bertz CT molecular complexity index is 581. The summed E-state index contributed by atoms with van der Waals surface area (Å²) in [5, 5.41) is 8.42. The Balaban J connectivity index is 2.16. The van der Waals surface area contributed by atoms with E-state index < -0.39 is 0 Å². The van der Waals surface area contributed by atoms with Crippen LogP contribution in [0, 0.1) is 6.92 Å². The van der Waals surface area contributed by atoms with Gasteiger partial charge in [-0.15, -0.1) is 0 Å². The fraction of sp³-hybridized carbons (Fsp3) is 0.250. The molecule has 18 heavy (non-hydrogen) atoms. The fourth-order valence-electron chi connectivity index (χ4n) is 1.68. The van der Waals surface area contributed by atoms with Gasteiger partial charge in [0, 0.05) is 22.2 Å². The van der Waals surface area contributed by atoms with Crippen LogP contribution in [0.3, 0.4) is 0 Å². The van der Waals surface area contributed by atoms with Crippen molar-refractivity contribution < 1.29 is 0 Å². The molecule has 0 atom stereocenters. The molecule has 0 spiro atoms. The molecule has 0 aliphatic heterocycles. The molecule has 0 saturated carbocycles. The predicted octanol–water partition coefficient (Wildman–Crippen LogP) is 4.52. The van der Waals surface area contributed by atoms with Gasteiger partial charge < -0.3 is 5.32 Å². The molecular weight excluding hydrogens is 381 g/mol. The van der Waals surface area contributed by atoms with Gasteiger partial charge in [-0.05, 0) is 57.0 Å². The molecule has 96 valence electrons. The lowest BCUT2D eigenvalue weighted by molar-refractivity contribution is 0.712. The van der Waals surface area contributed by atoms with Crippen molar-refractivity contribution in [3.63, 3.8) is 0 Å². The first-order valence-electron chi connectivity index (χ1n) is 5.36. The number of nitrogens with one attached hydrogen (secondary N) is 1. The zero-order valence-electron chi connectivity index (χ0n) is 9.97. The van der Waals surface area contributed by atoms with Gasteiger partial charge in [0.05, 0.1) is 22.4 Å². The van der Waals surface area contributed by atoms with Crippen LogP contribution in [0.15, 0.2) is 27.1 Å². The van der Waals surface area contributed by atoms with Crippen molar-refractivity contribution in [3.05, 3.63) is 43.6 Å². The smallest absolute Gasteiger partial charge is 0.0739 e. The number of hydrogen-bond acceptors (Lipinski definition) is 2. The first kappa shape index (κ1) is 13.9. The van der Waals surface area contributed by atoms with E-state index in [0.29, 0.717) is 11.6 Å². The van der Waals surface area contributed by atoms with E-state index in [-0.39, 0.29) is 0 Å². The third-order valence-electron chi connectivity index (χ3n) is 2.64. The van der Waals surface area contributed by atoms with Crippen molar-refractivity contribution in [3.8, 4) is 0 Å². The lowest BCUT2D eigenvalue weighted by atomic mass is 10.3. The van der Waals surface area contributed by atoms with Gasteiger partial charge in [0.1, 0.15) is 0 Å². The highest BCUT2D eigenvalue weighted by molar-refractivity contribution is 9.11. The minimum Gasteiger partial charge on any atom is -0.378 e. The largest absolute Gasteiger partial charge is 0.378 e. The van der Waals surface area contributed by atoms with E-state index in [1.165, 1.54) is 0 Å². The van der Waals surface area contributed by atoms with Crippen molar-refractivity contribution >= 4 is 49.1 Å². The van der Waals surface area contributed by atoms with Gasteiger partial charge in [-0.25, -0.2) is 0 Å². The normalized spacial score (nSPS) is 10.7. The van der Waals surface area contributed by atoms with Crippen molar-refractivity contribution in [1.82, 2.24) is 9.78 Å². The molecule has 3 nitrogen and oxygen atoms in total. The van der Waals surface area contributed by atoms with E-state index in [0.717, 1.165) is 26.0 Å². The minimum atomic E-state index is 0.693. The molecule has 1 aromatic carbocycles. The van der Waals surface area contributed by atoms with E-state index in [4.69, 9.17) is 11.6 Å². The van der Waals surface area contributed by atoms with Crippen LogP contribution >= 0.6 is 43.5 Å². The van der Waals surface area contributed by atoms with Crippen LogP contribution in [0.25, 0.3) is 0 Å². The number of aryl methyl sites for hydroxylation is 2. The van der Waals surface area contributed by atoms with Crippen LogP contribution in [0.4, 0.5) is 5.69 Å². The van der Waals surface area contributed by atoms with Gasteiger partial charge >= 0.3 is 0 Å². The second-order valence-corrected chi connectivity index (χ2v) is 6.03. The second-order valence-electron chi connectivity index (χ2n) is 3.95. The summed E-state index contributed by atoms with van der Waals surface area (Å²) >= 11 is 12.9.